The van der Waals surface area contributed by atoms with Gasteiger partial charge in [-0.15, -0.1) is 0 Å². The molecule has 0 heterocycles. The van der Waals surface area contributed by atoms with Gasteiger partial charge < -0.3 is 10.4 Å². The largest absolute Gasteiger partial charge is 0.387 e. The Morgan fingerprint density at radius 3 is 2.56 bits per heavy atom. The van der Waals surface area contributed by atoms with Gasteiger partial charge in [0.15, 0.2) is 0 Å². The van der Waals surface area contributed by atoms with Crippen molar-refractivity contribution in [2.75, 3.05) is 13.1 Å². The van der Waals surface area contributed by atoms with Gasteiger partial charge in [-0.2, -0.15) is 0 Å². The molecule has 1 rings (SSSR count). The Hall–Kier alpha value is -1.00. The first kappa shape index (κ1) is 15.1. The average Bonchev–Trinajstić information content (AvgIpc) is 2.26. The highest BCUT2D eigenvalue weighted by atomic mass is 19.1. The number of aliphatic hydroxyl groups excluding tert-OH is 1. The normalized spacial score (nSPS) is 13.7. The van der Waals surface area contributed by atoms with Gasteiger partial charge in [0.2, 0.25) is 0 Å². The average molecular weight is 257 g/mol. The Morgan fingerprint density at radius 2 is 1.94 bits per heavy atom. The van der Waals surface area contributed by atoms with Crippen molar-refractivity contribution in [3.63, 3.8) is 0 Å². The third-order valence-electron chi connectivity index (χ3n) is 2.71. The highest BCUT2D eigenvalue weighted by Crippen LogP contribution is 2.19. The summed E-state index contributed by atoms with van der Waals surface area (Å²) in [5.41, 5.74) is 0.209. The molecule has 0 aliphatic heterocycles. The lowest BCUT2D eigenvalue weighted by Gasteiger charge is -2.19. The molecule has 0 saturated carbocycles. The van der Waals surface area contributed by atoms with Crippen LogP contribution in [0.5, 0.6) is 0 Å². The predicted molar refractivity (Wildman–Crippen MR) is 68.3 cm³/mol. The predicted octanol–water partition coefficient (Wildman–Crippen LogP) is 3.02. The van der Waals surface area contributed by atoms with Gasteiger partial charge in [-0.1, -0.05) is 20.8 Å². The molecule has 0 aromatic heterocycles. The molecule has 102 valence electrons. The minimum absolute atomic E-state index is 0.00161. The monoisotopic (exact) mass is 257 g/mol. The zero-order valence-corrected chi connectivity index (χ0v) is 11.1. The van der Waals surface area contributed by atoms with E-state index < -0.39 is 17.7 Å². The molecule has 2 N–H and O–H groups in total. The molecule has 18 heavy (non-hydrogen) atoms. The quantitative estimate of drug-likeness (QED) is 0.795. The number of rotatable bonds is 5. The van der Waals surface area contributed by atoms with E-state index in [2.05, 4.69) is 26.1 Å². The summed E-state index contributed by atoms with van der Waals surface area (Å²) in [7, 11) is 0. The van der Waals surface area contributed by atoms with Crippen LogP contribution >= 0.6 is 0 Å². The molecule has 1 aromatic carbocycles. The van der Waals surface area contributed by atoms with E-state index in [0.29, 0.717) is 0 Å². The number of nitrogens with one attached hydrogen (secondary N) is 1. The first-order valence-electron chi connectivity index (χ1n) is 6.13. The molecular formula is C14H21F2NO. The molecule has 1 aromatic rings. The second-order valence-corrected chi connectivity index (χ2v) is 5.70. The minimum Gasteiger partial charge on any atom is -0.387 e. The van der Waals surface area contributed by atoms with Crippen LogP contribution in [0.15, 0.2) is 18.2 Å². The third-order valence-corrected chi connectivity index (χ3v) is 2.71. The zero-order valence-electron chi connectivity index (χ0n) is 11.1. The Morgan fingerprint density at radius 1 is 1.28 bits per heavy atom. The van der Waals surface area contributed by atoms with E-state index in [0.717, 1.165) is 31.2 Å². The molecule has 4 heteroatoms. The molecule has 1 unspecified atom stereocenters. The van der Waals surface area contributed by atoms with E-state index in [1.807, 2.05) is 0 Å². The number of hydrogen-bond acceptors (Lipinski definition) is 2. The van der Waals surface area contributed by atoms with Crippen LogP contribution in [0.1, 0.15) is 38.9 Å². The Kier molecular flexibility index (Phi) is 5.23. The molecule has 0 fully saturated rings. The fourth-order valence-corrected chi connectivity index (χ4v) is 1.58. The van der Waals surface area contributed by atoms with Gasteiger partial charge in [0, 0.05) is 12.1 Å². The van der Waals surface area contributed by atoms with Crippen molar-refractivity contribution in [1.82, 2.24) is 5.32 Å². The molecule has 0 amide bonds. The summed E-state index contributed by atoms with van der Waals surface area (Å²) in [6.07, 6.45) is -0.0774. The lowest BCUT2D eigenvalue weighted by atomic mass is 9.92. The van der Waals surface area contributed by atoms with Crippen LogP contribution in [-0.4, -0.2) is 18.2 Å². The van der Waals surface area contributed by atoms with Crippen LogP contribution in [0.4, 0.5) is 8.78 Å². The van der Waals surface area contributed by atoms with Crippen molar-refractivity contribution >= 4 is 0 Å². The van der Waals surface area contributed by atoms with Crippen LogP contribution in [0.25, 0.3) is 0 Å². The summed E-state index contributed by atoms with van der Waals surface area (Å²) >= 11 is 0. The van der Waals surface area contributed by atoms with E-state index in [-0.39, 0.29) is 17.5 Å². The maximum Gasteiger partial charge on any atom is 0.129 e. The third kappa shape index (κ3) is 5.10. The van der Waals surface area contributed by atoms with Crippen LogP contribution in [-0.2, 0) is 0 Å². The number of hydrogen-bond donors (Lipinski definition) is 2. The van der Waals surface area contributed by atoms with Gasteiger partial charge in [-0.25, -0.2) is 8.78 Å². The maximum atomic E-state index is 13.4. The van der Waals surface area contributed by atoms with Crippen molar-refractivity contribution in [3.8, 4) is 0 Å². The molecule has 0 saturated heterocycles. The van der Waals surface area contributed by atoms with Crippen molar-refractivity contribution in [2.24, 2.45) is 5.41 Å². The minimum atomic E-state index is -1.03. The van der Waals surface area contributed by atoms with E-state index in [4.69, 9.17) is 0 Å². The zero-order chi connectivity index (χ0) is 13.8. The van der Waals surface area contributed by atoms with Crippen molar-refractivity contribution in [3.05, 3.63) is 35.4 Å². The topological polar surface area (TPSA) is 32.3 Å². The molecular weight excluding hydrogens is 236 g/mol. The van der Waals surface area contributed by atoms with E-state index in [1.54, 1.807) is 0 Å². The SMILES string of the molecule is CC(C)(C)CCNCC(O)c1cc(F)ccc1F. The summed E-state index contributed by atoms with van der Waals surface area (Å²) < 4.78 is 26.3. The van der Waals surface area contributed by atoms with Crippen molar-refractivity contribution < 1.29 is 13.9 Å². The maximum absolute atomic E-state index is 13.4. The molecule has 0 bridgehead atoms. The first-order valence-corrected chi connectivity index (χ1v) is 6.13. The second-order valence-electron chi connectivity index (χ2n) is 5.70. The fourth-order valence-electron chi connectivity index (χ4n) is 1.58. The van der Waals surface area contributed by atoms with E-state index in [1.165, 1.54) is 0 Å². The number of aliphatic hydroxyl groups is 1. The Labute approximate surface area is 107 Å². The first-order chi connectivity index (χ1) is 8.29. The van der Waals surface area contributed by atoms with Crippen molar-refractivity contribution in [1.29, 1.82) is 0 Å². The van der Waals surface area contributed by atoms with Gasteiger partial charge in [-0.3, -0.25) is 0 Å². The smallest absolute Gasteiger partial charge is 0.129 e. The molecule has 0 spiro atoms. The highest BCUT2D eigenvalue weighted by molar-refractivity contribution is 5.21. The molecule has 0 aliphatic rings. The summed E-state index contributed by atoms with van der Waals surface area (Å²) in [5, 5.41) is 12.8. The number of benzene rings is 1. The Balaban J connectivity index is 2.45. The van der Waals surface area contributed by atoms with Crippen LogP contribution in [0.2, 0.25) is 0 Å². The Bertz CT molecular complexity index is 388. The van der Waals surface area contributed by atoms with Gasteiger partial charge in [0.05, 0.1) is 6.10 Å². The molecule has 2 nitrogen and oxygen atoms in total. The lowest BCUT2D eigenvalue weighted by molar-refractivity contribution is 0.168. The van der Waals surface area contributed by atoms with E-state index in [9.17, 15) is 13.9 Å². The van der Waals surface area contributed by atoms with Crippen LogP contribution in [0, 0.1) is 17.0 Å². The van der Waals surface area contributed by atoms with Gasteiger partial charge in [0.1, 0.15) is 11.6 Å². The molecule has 0 aliphatic carbocycles. The van der Waals surface area contributed by atoms with Gasteiger partial charge in [0.25, 0.3) is 0 Å². The summed E-state index contributed by atoms with van der Waals surface area (Å²) in [5.74, 6) is -1.12. The van der Waals surface area contributed by atoms with Crippen molar-refractivity contribution in [2.45, 2.75) is 33.3 Å². The summed E-state index contributed by atoms with van der Waals surface area (Å²) in [6.45, 7) is 7.32. The van der Waals surface area contributed by atoms with E-state index >= 15 is 0 Å². The lowest BCUT2D eigenvalue weighted by Crippen LogP contribution is -2.25. The second kappa shape index (κ2) is 6.25. The fraction of sp³-hybridized carbons (Fsp3) is 0.571. The summed E-state index contributed by atoms with van der Waals surface area (Å²) in [4.78, 5) is 0. The summed E-state index contributed by atoms with van der Waals surface area (Å²) in [6, 6.07) is 3.10. The standard InChI is InChI=1S/C14H21F2NO/c1-14(2,3)6-7-17-9-13(18)11-8-10(15)4-5-12(11)16/h4-5,8,13,17-18H,6-7,9H2,1-3H3. The van der Waals surface area contributed by atoms with Crippen LogP contribution in [0.3, 0.4) is 0 Å². The molecule has 1 atom stereocenters. The van der Waals surface area contributed by atoms with Gasteiger partial charge in [-0.05, 0) is 36.6 Å². The molecule has 0 radical (unpaired) electrons. The van der Waals surface area contributed by atoms with Crippen LogP contribution < -0.4 is 5.32 Å². The number of halogens is 2. The van der Waals surface area contributed by atoms with Gasteiger partial charge >= 0.3 is 0 Å². The highest BCUT2D eigenvalue weighted by Gasteiger charge is 2.14.